The van der Waals surface area contributed by atoms with Crippen molar-refractivity contribution in [3.8, 4) is 0 Å². The molecule has 2 fully saturated rings. The van der Waals surface area contributed by atoms with Crippen LogP contribution in [0, 0.1) is 11.6 Å². The van der Waals surface area contributed by atoms with Gasteiger partial charge in [0, 0.05) is 42.2 Å². The van der Waals surface area contributed by atoms with Gasteiger partial charge in [-0.2, -0.15) is 0 Å². The maximum atomic E-state index is 13.7. The number of nitrogens with zero attached hydrogens (tertiary/aromatic N) is 2. The summed E-state index contributed by atoms with van der Waals surface area (Å²) in [6.07, 6.45) is 3.65. The number of amides is 1. The summed E-state index contributed by atoms with van der Waals surface area (Å²) >= 11 is 9.92. The normalized spacial score (nSPS) is 18.6. The lowest BCUT2D eigenvalue weighted by Gasteiger charge is -2.31. The van der Waals surface area contributed by atoms with Gasteiger partial charge in [0.15, 0.2) is 0 Å². The Kier molecular flexibility index (Phi) is 13.1. The lowest BCUT2D eigenvalue weighted by atomic mass is 9.83. The number of thiocarbonyl (C=S) groups is 1. The Balaban J connectivity index is 0.000000269. The van der Waals surface area contributed by atoms with E-state index in [9.17, 15) is 18.4 Å². The quantitative estimate of drug-likeness (QED) is 0.210. The van der Waals surface area contributed by atoms with Gasteiger partial charge in [-0.15, -0.1) is 0 Å². The summed E-state index contributed by atoms with van der Waals surface area (Å²) < 4.78 is 31.4. The highest BCUT2D eigenvalue weighted by atomic mass is 35.5. The molecule has 9 heteroatoms. The molecule has 220 valence electrons. The van der Waals surface area contributed by atoms with Gasteiger partial charge in [0.2, 0.25) is 6.41 Å². The first-order chi connectivity index (χ1) is 18.9. The number of ether oxygens (including phenoxy) is 1. The zero-order valence-electron chi connectivity index (χ0n) is 24.1. The summed E-state index contributed by atoms with van der Waals surface area (Å²) in [4.78, 5) is 26.8. The van der Waals surface area contributed by atoms with Crippen LogP contribution in [0.25, 0.3) is 0 Å². The minimum absolute atomic E-state index is 0.116. The first-order valence-electron chi connectivity index (χ1n) is 13.5. The predicted molar refractivity (Wildman–Crippen MR) is 161 cm³/mol. The minimum atomic E-state index is -0.503. The van der Waals surface area contributed by atoms with Gasteiger partial charge in [0.25, 0.3) is 0 Å². The number of methoxy groups -OCH3 is 1. The van der Waals surface area contributed by atoms with Gasteiger partial charge in [-0.1, -0.05) is 36.0 Å². The number of piperidine rings is 1. The van der Waals surface area contributed by atoms with Crippen molar-refractivity contribution in [2.75, 3.05) is 33.3 Å². The van der Waals surface area contributed by atoms with E-state index in [0.717, 1.165) is 69.0 Å². The second-order valence-electron chi connectivity index (χ2n) is 11.2. The van der Waals surface area contributed by atoms with Crippen molar-refractivity contribution in [2.45, 2.75) is 70.3 Å². The number of hydrogen-bond acceptors (Lipinski definition) is 5. The molecule has 0 saturated carbocycles. The van der Waals surface area contributed by atoms with Crippen LogP contribution in [0.3, 0.4) is 0 Å². The van der Waals surface area contributed by atoms with Gasteiger partial charge >= 0.3 is 5.97 Å². The van der Waals surface area contributed by atoms with E-state index in [1.165, 1.54) is 13.2 Å². The highest BCUT2D eigenvalue weighted by Gasteiger charge is 2.32. The van der Waals surface area contributed by atoms with Gasteiger partial charge in [0.1, 0.15) is 11.6 Å². The Morgan fingerprint density at radius 2 is 1.65 bits per heavy atom. The van der Waals surface area contributed by atoms with Crippen molar-refractivity contribution in [2.24, 2.45) is 0 Å². The van der Waals surface area contributed by atoms with Crippen molar-refractivity contribution in [1.82, 2.24) is 9.80 Å². The molecule has 0 N–H and O–H groups in total. The third-order valence-corrected chi connectivity index (χ3v) is 7.96. The molecule has 1 unspecified atom stereocenters. The molecule has 2 heterocycles. The molecule has 1 amide bonds. The zero-order chi connectivity index (χ0) is 30.0. The number of likely N-dealkylation sites (tertiary alicyclic amines) is 2. The van der Waals surface area contributed by atoms with Crippen LogP contribution in [0.15, 0.2) is 36.4 Å². The molecule has 2 aromatic rings. The van der Waals surface area contributed by atoms with E-state index in [2.05, 4.69) is 43.8 Å². The van der Waals surface area contributed by atoms with Crippen LogP contribution >= 0.6 is 23.8 Å². The van der Waals surface area contributed by atoms with Crippen molar-refractivity contribution in [1.29, 1.82) is 0 Å². The van der Waals surface area contributed by atoms with Crippen LogP contribution < -0.4 is 0 Å². The fourth-order valence-electron chi connectivity index (χ4n) is 5.37. The highest BCUT2D eigenvalue weighted by Crippen LogP contribution is 2.35. The van der Waals surface area contributed by atoms with Gasteiger partial charge in [0.05, 0.1) is 13.0 Å². The third-order valence-electron chi connectivity index (χ3n) is 7.73. The van der Waals surface area contributed by atoms with E-state index >= 15 is 0 Å². The predicted octanol–water partition coefficient (Wildman–Crippen LogP) is 7.12. The summed E-state index contributed by atoms with van der Waals surface area (Å²) in [7, 11) is 1.39. The molecular formula is C31H41ClF2N2O3S. The molecule has 4 rings (SSSR count). The third kappa shape index (κ3) is 9.05. The lowest BCUT2D eigenvalue weighted by molar-refractivity contribution is -0.142. The molecular weight excluding hydrogens is 554 g/mol. The molecule has 2 aliphatic rings. The molecule has 0 spiro atoms. The fourth-order valence-corrected chi connectivity index (χ4v) is 5.55. The van der Waals surface area contributed by atoms with Crippen molar-refractivity contribution < 1.29 is 23.1 Å². The largest absolute Gasteiger partial charge is 0.469 e. The topological polar surface area (TPSA) is 49.9 Å². The van der Waals surface area contributed by atoms with E-state index in [4.69, 9.17) is 16.3 Å². The number of halogens is 3. The number of hydrogen-bond donors (Lipinski definition) is 0. The van der Waals surface area contributed by atoms with Gasteiger partial charge < -0.3 is 9.64 Å². The monoisotopic (exact) mass is 594 g/mol. The van der Waals surface area contributed by atoms with E-state index < -0.39 is 11.6 Å². The van der Waals surface area contributed by atoms with E-state index in [0.29, 0.717) is 16.5 Å². The number of benzene rings is 2. The van der Waals surface area contributed by atoms with Gasteiger partial charge in [-0.05, 0) is 100 Å². The van der Waals surface area contributed by atoms with Gasteiger partial charge in [-0.3, -0.25) is 14.5 Å². The molecule has 40 heavy (non-hydrogen) atoms. The van der Waals surface area contributed by atoms with Crippen LogP contribution in [0.5, 0.6) is 0 Å². The van der Waals surface area contributed by atoms with Gasteiger partial charge in [-0.25, -0.2) is 8.78 Å². The van der Waals surface area contributed by atoms with Crippen molar-refractivity contribution in [3.05, 3.63) is 69.7 Å². The Morgan fingerprint density at radius 1 is 1.05 bits per heavy atom. The molecule has 2 aliphatic heterocycles. The standard InChI is InChI=1S/C16H20ClNO3.C14H19F2N.CH2S/c1-11(16(20)21-2)15-9-13(17)3-4-14(15)12-5-7-18(10-19)8-6-12;1-14(2,3)17-7-6-10(9-17)12-5-4-11(15)8-13(12)16;1-2/h3-4,9-12H,5-8H2,1-2H3;4-5,8,10H,6-7,9H2,1-3H3;1H2/t;10-;/m.0./s1. The number of esters is 1. The van der Waals surface area contributed by atoms with E-state index in [1.807, 2.05) is 25.1 Å². The summed E-state index contributed by atoms with van der Waals surface area (Å²) in [5.41, 5.74) is 2.84. The fraction of sp³-hybridized carbons (Fsp3) is 0.516. The zero-order valence-corrected chi connectivity index (χ0v) is 25.7. The van der Waals surface area contributed by atoms with Crippen molar-refractivity contribution >= 4 is 42.1 Å². The molecule has 0 aliphatic carbocycles. The van der Waals surface area contributed by atoms with Crippen molar-refractivity contribution in [3.63, 3.8) is 0 Å². The van der Waals surface area contributed by atoms with E-state index in [-0.39, 0.29) is 23.3 Å². The Hall–Kier alpha value is -2.42. The maximum Gasteiger partial charge on any atom is 0.312 e. The molecule has 0 radical (unpaired) electrons. The number of carbonyl (C=O) groups excluding carboxylic acids is 2. The number of carbonyl (C=O) groups is 2. The summed E-state index contributed by atoms with van der Waals surface area (Å²) in [5, 5.41) is 0.620. The number of rotatable bonds is 5. The Bertz CT molecular complexity index is 1140. The smallest absolute Gasteiger partial charge is 0.312 e. The first-order valence-corrected chi connectivity index (χ1v) is 14.5. The van der Waals surface area contributed by atoms with Crippen LogP contribution in [0.4, 0.5) is 8.78 Å². The lowest BCUT2D eigenvalue weighted by Crippen LogP contribution is -2.39. The molecule has 2 saturated heterocycles. The Labute approximate surface area is 247 Å². The van der Waals surface area contributed by atoms with E-state index in [1.54, 1.807) is 11.0 Å². The van der Waals surface area contributed by atoms with Crippen LogP contribution in [0.1, 0.15) is 81.4 Å². The second kappa shape index (κ2) is 15.5. The second-order valence-corrected chi connectivity index (χ2v) is 11.6. The summed E-state index contributed by atoms with van der Waals surface area (Å²) in [6, 6.07) is 9.62. The average molecular weight is 595 g/mol. The van der Waals surface area contributed by atoms with Crippen LogP contribution in [0.2, 0.25) is 5.02 Å². The SMILES string of the molecule is C=S.CC(C)(C)N1CC[C@H](c2ccc(F)cc2F)C1.COC(=O)C(C)c1cc(Cl)ccc1C1CCN(C=O)CC1. The van der Waals surface area contributed by atoms with Crippen LogP contribution in [-0.4, -0.2) is 66.9 Å². The molecule has 2 atom stereocenters. The highest BCUT2D eigenvalue weighted by molar-refractivity contribution is 7.77. The van der Waals surface area contributed by atoms with Crippen LogP contribution in [-0.2, 0) is 14.3 Å². The molecule has 2 aromatic carbocycles. The Morgan fingerprint density at radius 3 is 2.17 bits per heavy atom. The average Bonchev–Trinajstić information content (AvgIpc) is 3.44. The first kappa shape index (κ1) is 33.8. The maximum absolute atomic E-state index is 13.7. The molecule has 0 aromatic heterocycles. The summed E-state index contributed by atoms with van der Waals surface area (Å²) in [6.45, 7) is 11.7. The minimum Gasteiger partial charge on any atom is -0.469 e. The molecule has 0 bridgehead atoms. The summed E-state index contributed by atoms with van der Waals surface area (Å²) in [5.74, 6) is 1.86. The molecule has 5 nitrogen and oxygen atoms in total.